The first-order valence-electron chi connectivity index (χ1n) is 8.67. The van der Waals surface area contributed by atoms with Gasteiger partial charge in [-0.2, -0.15) is 0 Å². The van der Waals surface area contributed by atoms with Crippen LogP contribution in [0.1, 0.15) is 31.9 Å². The molecule has 2 aromatic carbocycles. The number of anilines is 1. The average Bonchev–Trinajstić information content (AvgIpc) is 3.13. The quantitative estimate of drug-likeness (QED) is 0.446. The van der Waals surface area contributed by atoms with E-state index in [1.165, 1.54) is 23.0 Å². The number of aryl methyl sites for hydroxylation is 3. The third-order valence-corrected chi connectivity index (χ3v) is 5.34. The lowest BCUT2D eigenvalue weighted by atomic mass is 10.1. The van der Waals surface area contributed by atoms with Gasteiger partial charge in [-0.25, -0.2) is 0 Å². The molecule has 0 aliphatic rings. The number of nitro benzene ring substituents is 1. The van der Waals surface area contributed by atoms with Crippen LogP contribution in [0.5, 0.6) is 5.75 Å². The first-order chi connectivity index (χ1) is 13.3. The molecule has 0 aliphatic heterocycles. The third-order valence-electron chi connectivity index (χ3n) is 4.36. The van der Waals surface area contributed by atoms with Gasteiger partial charge in [-0.1, -0.05) is 12.1 Å². The van der Waals surface area contributed by atoms with Crippen LogP contribution in [0, 0.1) is 30.9 Å². The van der Waals surface area contributed by atoms with Gasteiger partial charge in [0, 0.05) is 11.6 Å². The van der Waals surface area contributed by atoms with Crippen molar-refractivity contribution in [2.45, 2.75) is 27.4 Å². The number of benzene rings is 2. The second-order valence-corrected chi connectivity index (χ2v) is 7.50. The Balaban J connectivity index is 1.67. The van der Waals surface area contributed by atoms with E-state index in [0.717, 1.165) is 22.4 Å². The lowest BCUT2D eigenvalue weighted by Gasteiger charge is -2.07. The van der Waals surface area contributed by atoms with E-state index >= 15 is 0 Å². The molecule has 0 saturated carbocycles. The largest absolute Gasteiger partial charge is 0.489 e. The molecule has 28 heavy (non-hydrogen) atoms. The Kier molecular flexibility index (Phi) is 5.75. The number of nitrogens with one attached hydrogen (secondary N) is 1. The highest BCUT2D eigenvalue weighted by Gasteiger charge is 2.18. The van der Waals surface area contributed by atoms with E-state index in [9.17, 15) is 14.9 Å². The Morgan fingerprint density at radius 1 is 1.11 bits per heavy atom. The van der Waals surface area contributed by atoms with Crippen LogP contribution in [0.25, 0.3) is 0 Å². The van der Waals surface area contributed by atoms with Gasteiger partial charge in [0.05, 0.1) is 9.80 Å². The maximum Gasteiger partial charge on any atom is 0.293 e. The Hall–Kier alpha value is -3.19. The summed E-state index contributed by atoms with van der Waals surface area (Å²) in [5.41, 5.74) is 4.04. The monoisotopic (exact) mass is 396 g/mol. The van der Waals surface area contributed by atoms with Gasteiger partial charge < -0.3 is 10.1 Å². The number of carbonyl (C=O) groups excluding carboxylic acids is 1. The van der Waals surface area contributed by atoms with Crippen molar-refractivity contribution in [1.29, 1.82) is 0 Å². The highest BCUT2D eigenvalue weighted by atomic mass is 32.1. The number of hydrogen-bond acceptors (Lipinski definition) is 5. The van der Waals surface area contributed by atoms with Crippen LogP contribution in [0.3, 0.4) is 0 Å². The second kappa shape index (κ2) is 8.22. The number of nitrogens with zero attached hydrogens (tertiary/aromatic N) is 1. The number of nitro groups is 1. The van der Waals surface area contributed by atoms with Crippen molar-refractivity contribution in [3.8, 4) is 5.75 Å². The maximum absolute atomic E-state index is 12.5. The number of ether oxygens (including phenoxy) is 1. The molecule has 1 heterocycles. The lowest BCUT2D eigenvalue weighted by molar-refractivity contribution is -0.384. The Morgan fingerprint density at radius 3 is 2.61 bits per heavy atom. The molecule has 0 saturated heterocycles. The summed E-state index contributed by atoms with van der Waals surface area (Å²) in [6, 6.07) is 12.3. The topological polar surface area (TPSA) is 81.5 Å². The van der Waals surface area contributed by atoms with E-state index < -0.39 is 4.92 Å². The minimum absolute atomic E-state index is 0.122. The zero-order valence-corrected chi connectivity index (χ0v) is 16.6. The van der Waals surface area contributed by atoms with Gasteiger partial charge in [-0.05, 0) is 67.1 Å². The fraction of sp³-hybridized carbons (Fsp3) is 0.190. The van der Waals surface area contributed by atoms with E-state index in [0.29, 0.717) is 11.5 Å². The molecule has 144 valence electrons. The van der Waals surface area contributed by atoms with Crippen molar-refractivity contribution >= 4 is 28.6 Å². The fourth-order valence-electron chi connectivity index (χ4n) is 2.62. The van der Waals surface area contributed by atoms with Crippen LogP contribution < -0.4 is 10.1 Å². The summed E-state index contributed by atoms with van der Waals surface area (Å²) in [5.74, 6) is 0.393. The predicted molar refractivity (Wildman–Crippen MR) is 110 cm³/mol. The number of carbonyl (C=O) groups is 1. The van der Waals surface area contributed by atoms with Gasteiger partial charge in [-0.15, -0.1) is 11.3 Å². The lowest BCUT2D eigenvalue weighted by Crippen LogP contribution is -2.11. The third kappa shape index (κ3) is 4.55. The van der Waals surface area contributed by atoms with Crippen LogP contribution in [0.15, 0.2) is 47.8 Å². The summed E-state index contributed by atoms with van der Waals surface area (Å²) >= 11 is 1.27. The second-order valence-electron chi connectivity index (χ2n) is 6.59. The molecule has 1 aromatic heterocycles. The Bertz CT molecular complexity index is 1040. The standard InChI is InChI=1S/C21H20N2O4S/c1-13-4-7-18(19(8-13)23(25)26)22-21(24)20-10-16(12-28-20)11-27-17-6-5-14(2)15(3)9-17/h4-10,12H,11H2,1-3H3,(H,22,24). The smallest absolute Gasteiger partial charge is 0.293 e. The first kappa shape index (κ1) is 19.6. The van der Waals surface area contributed by atoms with Crippen LogP contribution in [0.4, 0.5) is 11.4 Å². The molecule has 1 amide bonds. The Labute approximate surface area is 166 Å². The Morgan fingerprint density at radius 2 is 1.89 bits per heavy atom. The van der Waals surface area contributed by atoms with Crippen LogP contribution >= 0.6 is 11.3 Å². The van der Waals surface area contributed by atoms with Gasteiger partial charge in [-0.3, -0.25) is 14.9 Å². The highest BCUT2D eigenvalue weighted by Crippen LogP contribution is 2.27. The SMILES string of the molecule is Cc1ccc(NC(=O)c2cc(COc3ccc(C)c(C)c3)cs2)c([N+](=O)[O-])c1. The molecule has 0 unspecified atom stereocenters. The van der Waals surface area contributed by atoms with E-state index in [-0.39, 0.29) is 17.3 Å². The van der Waals surface area contributed by atoms with Crippen molar-refractivity contribution in [2.75, 3.05) is 5.32 Å². The number of rotatable bonds is 6. The molecule has 3 aromatic rings. The van der Waals surface area contributed by atoms with E-state index in [4.69, 9.17) is 4.74 Å². The van der Waals surface area contributed by atoms with Crippen LogP contribution in [-0.2, 0) is 6.61 Å². The van der Waals surface area contributed by atoms with Gasteiger partial charge in [0.1, 0.15) is 18.0 Å². The van der Waals surface area contributed by atoms with Crippen molar-refractivity contribution in [2.24, 2.45) is 0 Å². The predicted octanol–water partition coefficient (Wildman–Crippen LogP) is 5.41. The van der Waals surface area contributed by atoms with Crippen molar-refractivity contribution in [3.05, 3.63) is 85.1 Å². The van der Waals surface area contributed by atoms with E-state index in [2.05, 4.69) is 5.32 Å². The van der Waals surface area contributed by atoms with Crippen LogP contribution in [-0.4, -0.2) is 10.8 Å². The molecule has 0 spiro atoms. The zero-order valence-electron chi connectivity index (χ0n) is 15.8. The molecule has 6 nitrogen and oxygen atoms in total. The summed E-state index contributed by atoms with van der Waals surface area (Å²) in [6.45, 7) is 6.18. The molecule has 7 heteroatoms. The summed E-state index contributed by atoms with van der Waals surface area (Å²) < 4.78 is 5.79. The van der Waals surface area contributed by atoms with Gasteiger partial charge in [0.25, 0.3) is 11.6 Å². The van der Waals surface area contributed by atoms with Gasteiger partial charge in [0.15, 0.2) is 0 Å². The van der Waals surface area contributed by atoms with Crippen molar-refractivity contribution in [3.63, 3.8) is 0 Å². The van der Waals surface area contributed by atoms with Crippen molar-refractivity contribution < 1.29 is 14.5 Å². The first-order valence-corrected chi connectivity index (χ1v) is 9.55. The summed E-state index contributed by atoms with van der Waals surface area (Å²) in [7, 11) is 0. The number of amides is 1. The van der Waals surface area contributed by atoms with E-state index in [1.807, 2.05) is 37.4 Å². The molecule has 1 N–H and O–H groups in total. The maximum atomic E-state index is 12.5. The molecule has 0 bridgehead atoms. The van der Waals surface area contributed by atoms with Gasteiger partial charge >= 0.3 is 0 Å². The number of thiophene rings is 1. The highest BCUT2D eigenvalue weighted by molar-refractivity contribution is 7.12. The summed E-state index contributed by atoms with van der Waals surface area (Å²) in [4.78, 5) is 23.6. The number of hydrogen-bond donors (Lipinski definition) is 1. The minimum atomic E-state index is -0.500. The molecule has 0 radical (unpaired) electrons. The molecule has 0 atom stereocenters. The molecule has 0 fully saturated rings. The normalized spacial score (nSPS) is 10.5. The summed E-state index contributed by atoms with van der Waals surface area (Å²) in [5, 5.41) is 15.7. The van der Waals surface area contributed by atoms with E-state index in [1.54, 1.807) is 25.1 Å². The molecule has 3 rings (SSSR count). The van der Waals surface area contributed by atoms with Gasteiger partial charge in [0.2, 0.25) is 0 Å². The average molecular weight is 396 g/mol. The molecular weight excluding hydrogens is 376 g/mol. The summed E-state index contributed by atoms with van der Waals surface area (Å²) in [6.07, 6.45) is 0. The molecule has 0 aliphatic carbocycles. The van der Waals surface area contributed by atoms with Crippen LogP contribution in [0.2, 0.25) is 0 Å². The zero-order chi connectivity index (χ0) is 20.3. The molecular formula is C21H20N2O4S. The van der Waals surface area contributed by atoms with Crippen molar-refractivity contribution in [1.82, 2.24) is 0 Å². The fourth-order valence-corrected chi connectivity index (χ4v) is 3.41. The minimum Gasteiger partial charge on any atom is -0.489 e.